The molecule has 0 aliphatic carbocycles. The Hall–Kier alpha value is -4.40. The van der Waals surface area contributed by atoms with Crippen molar-refractivity contribution in [2.45, 2.75) is 26.5 Å². The van der Waals surface area contributed by atoms with E-state index in [9.17, 15) is 9.59 Å². The van der Waals surface area contributed by atoms with Gasteiger partial charge in [0.05, 0.1) is 18.1 Å². The third-order valence-corrected chi connectivity index (χ3v) is 5.54. The van der Waals surface area contributed by atoms with Gasteiger partial charge in [-0.05, 0) is 41.8 Å². The number of anilines is 1. The van der Waals surface area contributed by atoms with Crippen molar-refractivity contribution in [2.75, 3.05) is 5.32 Å². The maximum atomic E-state index is 12.9. The summed E-state index contributed by atoms with van der Waals surface area (Å²) >= 11 is 0. The summed E-state index contributed by atoms with van der Waals surface area (Å²) in [5.74, 6) is 0.0863. The zero-order valence-electron chi connectivity index (χ0n) is 20.0. The van der Waals surface area contributed by atoms with Crippen molar-refractivity contribution in [1.29, 1.82) is 0 Å². The summed E-state index contributed by atoms with van der Waals surface area (Å²) in [6, 6.07) is 15.2. The zero-order valence-corrected chi connectivity index (χ0v) is 20.0. The molecule has 9 heteroatoms. The van der Waals surface area contributed by atoms with Crippen LogP contribution in [0.3, 0.4) is 0 Å². The van der Waals surface area contributed by atoms with Gasteiger partial charge in [-0.1, -0.05) is 31.2 Å². The van der Waals surface area contributed by atoms with E-state index in [-0.39, 0.29) is 17.5 Å². The third-order valence-electron chi connectivity index (χ3n) is 5.54. The lowest BCUT2D eigenvalue weighted by Crippen LogP contribution is -2.26. The van der Waals surface area contributed by atoms with Crippen LogP contribution in [0.2, 0.25) is 0 Å². The summed E-state index contributed by atoms with van der Waals surface area (Å²) in [6.07, 6.45) is 5.94. The first-order chi connectivity index (χ1) is 16.9. The van der Waals surface area contributed by atoms with Crippen molar-refractivity contribution in [1.82, 2.24) is 24.9 Å². The van der Waals surface area contributed by atoms with Gasteiger partial charge in [0.1, 0.15) is 18.1 Å². The molecular weight excluding hydrogens is 444 g/mol. The summed E-state index contributed by atoms with van der Waals surface area (Å²) in [5.41, 5.74) is 4.03. The van der Waals surface area contributed by atoms with Gasteiger partial charge in [0, 0.05) is 38.0 Å². The number of carbonyl (C=O) groups excluding carboxylic acids is 2. The molecule has 0 aliphatic heterocycles. The number of rotatable bonds is 9. The van der Waals surface area contributed by atoms with Crippen LogP contribution in [0.15, 0.2) is 67.1 Å². The molecule has 2 heterocycles. The van der Waals surface area contributed by atoms with Crippen LogP contribution in [0.25, 0.3) is 0 Å². The standard InChI is InChI=1S/C26H28N6O3/c1-4-18-8-10-22(11-9-18)35-17-19-6-5-7-21(12-19)25(33)30-23-15-29-32(3)24(23)26(34)27-13-20-14-28-31(2)16-20/h5-12,14-16H,4,13,17H2,1-3H3,(H,27,34)(H,30,33). The number of aryl methyl sites for hydroxylation is 3. The molecule has 4 aromatic rings. The Bertz CT molecular complexity index is 1320. The second-order valence-electron chi connectivity index (χ2n) is 8.18. The second-order valence-corrected chi connectivity index (χ2v) is 8.18. The number of amides is 2. The molecular formula is C26H28N6O3. The van der Waals surface area contributed by atoms with Gasteiger partial charge in [-0.25, -0.2) is 0 Å². The van der Waals surface area contributed by atoms with Gasteiger partial charge >= 0.3 is 0 Å². The van der Waals surface area contributed by atoms with Crippen LogP contribution >= 0.6 is 0 Å². The lowest BCUT2D eigenvalue weighted by Gasteiger charge is -2.10. The highest BCUT2D eigenvalue weighted by Crippen LogP contribution is 2.18. The first-order valence-corrected chi connectivity index (χ1v) is 11.3. The van der Waals surface area contributed by atoms with Gasteiger partial charge in [-0.2, -0.15) is 10.2 Å². The average Bonchev–Trinajstić information content (AvgIpc) is 3.46. The van der Waals surface area contributed by atoms with E-state index in [1.54, 1.807) is 36.1 Å². The number of carbonyl (C=O) groups is 2. The van der Waals surface area contributed by atoms with E-state index >= 15 is 0 Å². The van der Waals surface area contributed by atoms with Crippen LogP contribution in [0.5, 0.6) is 5.75 Å². The number of aromatic nitrogens is 4. The van der Waals surface area contributed by atoms with Crippen LogP contribution in [-0.2, 0) is 33.7 Å². The minimum atomic E-state index is -0.347. The van der Waals surface area contributed by atoms with Gasteiger partial charge in [-0.15, -0.1) is 0 Å². The topological polar surface area (TPSA) is 103 Å². The van der Waals surface area contributed by atoms with Gasteiger partial charge in [-0.3, -0.25) is 19.0 Å². The lowest BCUT2D eigenvalue weighted by atomic mass is 10.1. The highest BCUT2D eigenvalue weighted by Gasteiger charge is 2.19. The summed E-state index contributed by atoms with van der Waals surface area (Å²) in [6.45, 7) is 2.76. The quantitative estimate of drug-likeness (QED) is 0.388. The van der Waals surface area contributed by atoms with Gasteiger partial charge in [0.25, 0.3) is 11.8 Å². The van der Waals surface area contributed by atoms with Gasteiger partial charge in [0.2, 0.25) is 0 Å². The number of hydrogen-bond donors (Lipinski definition) is 2. The molecule has 0 radical (unpaired) electrons. The fourth-order valence-electron chi connectivity index (χ4n) is 3.61. The van der Waals surface area contributed by atoms with E-state index in [1.807, 2.05) is 43.6 Å². The molecule has 0 saturated carbocycles. The van der Waals surface area contributed by atoms with Crippen molar-refractivity contribution in [3.05, 3.63) is 95.1 Å². The molecule has 4 rings (SSSR count). The Labute approximate surface area is 203 Å². The number of nitrogens with zero attached hydrogens (tertiary/aromatic N) is 4. The largest absolute Gasteiger partial charge is 0.489 e. The average molecular weight is 473 g/mol. The number of hydrogen-bond acceptors (Lipinski definition) is 5. The van der Waals surface area contributed by atoms with Crippen molar-refractivity contribution in [2.24, 2.45) is 14.1 Å². The molecule has 0 bridgehead atoms. The molecule has 0 atom stereocenters. The van der Waals surface area contributed by atoms with E-state index in [4.69, 9.17) is 4.74 Å². The number of ether oxygens (including phenoxy) is 1. The normalized spacial score (nSPS) is 10.7. The lowest BCUT2D eigenvalue weighted by molar-refractivity contribution is 0.0942. The summed E-state index contributed by atoms with van der Waals surface area (Å²) < 4.78 is 8.96. The molecule has 9 nitrogen and oxygen atoms in total. The van der Waals surface area contributed by atoms with Crippen LogP contribution in [0.4, 0.5) is 5.69 Å². The van der Waals surface area contributed by atoms with Gasteiger partial charge in [0.15, 0.2) is 0 Å². The van der Waals surface area contributed by atoms with Crippen molar-refractivity contribution in [3.8, 4) is 5.75 Å². The monoisotopic (exact) mass is 472 g/mol. The van der Waals surface area contributed by atoms with E-state index < -0.39 is 0 Å². The first-order valence-electron chi connectivity index (χ1n) is 11.3. The Morgan fingerprint density at radius 2 is 1.74 bits per heavy atom. The molecule has 2 aromatic heterocycles. The number of benzene rings is 2. The van der Waals surface area contributed by atoms with Crippen LogP contribution in [0.1, 0.15) is 44.5 Å². The van der Waals surface area contributed by atoms with Gasteiger partial charge < -0.3 is 15.4 Å². The Morgan fingerprint density at radius 1 is 0.943 bits per heavy atom. The minimum absolute atomic E-state index is 0.261. The Kier molecular flexibility index (Phi) is 7.25. The highest BCUT2D eigenvalue weighted by atomic mass is 16.5. The molecule has 35 heavy (non-hydrogen) atoms. The van der Waals surface area contributed by atoms with E-state index in [2.05, 4.69) is 27.8 Å². The molecule has 2 amide bonds. The zero-order chi connectivity index (χ0) is 24.8. The van der Waals surface area contributed by atoms with Crippen LogP contribution in [0, 0.1) is 0 Å². The SMILES string of the molecule is CCc1ccc(OCc2cccc(C(=O)Nc3cnn(C)c3C(=O)NCc3cnn(C)c3)c2)cc1. The summed E-state index contributed by atoms with van der Waals surface area (Å²) in [4.78, 5) is 25.7. The molecule has 0 aliphatic rings. The molecule has 2 N–H and O–H groups in total. The Morgan fingerprint density at radius 3 is 2.46 bits per heavy atom. The maximum Gasteiger partial charge on any atom is 0.271 e. The Balaban J connectivity index is 1.40. The predicted octanol–water partition coefficient (Wildman–Crippen LogP) is 3.48. The predicted molar refractivity (Wildman–Crippen MR) is 132 cm³/mol. The first kappa shape index (κ1) is 23.7. The second kappa shape index (κ2) is 10.7. The molecule has 180 valence electrons. The maximum absolute atomic E-state index is 12.9. The van der Waals surface area contributed by atoms with Crippen molar-refractivity contribution in [3.63, 3.8) is 0 Å². The molecule has 2 aromatic carbocycles. The minimum Gasteiger partial charge on any atom is -0.489 e. The van der Waals surface area contributed by atoms with E-state index in [0.717, 1.165) is 23.3 Å². The van der Waals surface area contributed by atoms with E-state index in [0.29, 0.717) is 24.4 Å². The van der Waals surface area contributed by atoms with E-state index in [1.165, 1.54) is 16.4 Å². The summed E-state index contributed by atoms with van der Waals surface area (Å²) in [5, 5.41) is 13.9. The third kappa shape index (κ3) is 5.94. The van der Waals surface area contributed by atoms with Crippen LogP contribution in [-0.4, -0.2) is 31.4 Å². The fourth-order valence-corrected chi connectivity index (χ4v) is 3.61. The molecule has 0 unspecified atom stereocenters. The molecule has 0 saturated heterocycles. The molecule has 0 fully saturated rings. The highest BCUT2D eigenvalue weighted by molar-refractivity contribution is 6.08. The van der Waals surface area contributed by atoms with Crippen molar-refractivity contribution < 1.29 is 14.3 Å². The summed E-state index contributed by atoms with van der Waals surface area (Å²) in [7, 11) is 3.46. The van der Waals surface area contributed by atoms with Crippen molar-refractivity contribution >= 4 is 17.5 Å². The smallest absolute Gasteiger partial charge is 0.271 e. The molecule has 0 spiro atoms. The van der Waals surface area contributed by atoms with Crippen LogP contribution < -0.4 is 15.4 Å². The fraction of sp³-hybridized carbons (Fsp3) is 0.231. The number of nitrogens with one attached hydrogen (secondary N) is 2.